The van der Waals surface area contributed by atoms with E-state index in [9.17, 15) is 29.7 Å². The number of amides is 2. The molecule has 4 fully saturated rings. The van der Waals surface area contributed by atoms with Gasteiger partial charge >= 0.3 is 6.09 Å². The normalized spacial score (nSPS) is 20.5. The molecule has 3 aromatic carbocycles. The SMILES string of the molecule is Cn1nc(C(=O)N2CCC(CNC[C@H](O)c3ccc(O)c4[nH]c(=O)ccc34)CC2)cc1COc1cccc([C@H](c2ccccc2)N(C(=O)O)C2CN3CCC2CC3)c1. The first-order valence-corrected chi connectivity index (χ1v) is 20.2. The number of nitrogens with one attached hydrogen (secondary N) is 2. The number of aryl methyl sites for hydroxylation is 1. The molecule has 0 radical (unpaired) electrons. The average Bonchev–Trinajstić information content (AvgIpc) is 3.62. The number of ether oxygens (including phenoxy) is 1. The quantitative estimate of drug-likeness (QED) is 0.111. The molecule has 0 saturated carbocycles. The Morgan fingerprint density at radius 1 is 0.948 bits per heavy atom. The summed E-state index contributed by atoms with van der Waals surface area (Å²) in [5, 5.41) is 40.3. The minimum absolute atomic E-state index is 0.0476. The van der Waals surface area contributed by atoms with E-state index in [0.29, 0.717) is 65.9 Å². The Hall–Kier alpha value is -5.70. The molecule has 4 saturated heterocycles. The maximum atomic E-state index is 13.6. The lowest BCUT2D eigenvalue weighted by Gasteiger charge is -2.50. The van der Waals surface area contributed by atoms with Crippen LogP contribution in [0.4, 0.5) is 4.79 Å². The maximum absolute atomic E-state index is 13.6. The van der Waals surface area contributed by atoms with Crippen LogP contribution < -0.4 is 15.6 Å². The highest BCUT2D eigenvalue weighted by molar-refractivity contribution is 5.92. The lowest BCUT2D eigenvalue weighted by molar-refractivity contribution is -0.000815. The molecule has 9 rings (SSSR count). The maximum Gasteiger partial charge on any atom is 0.408 e. The van der Waals surface area contributed by atoms with E-state index in [-0.39, 0.29) is 29.9 Å². The third-order valence-corrected chi connectivity index (χ3v) is 12.3. The summed E-state index contributed by atoms with van der Waals surface area (Å²) in [5.74, 6) is 1.08. The molecule has 304 valence electrons. The van der Waals surface area contributed by atoms with Gasteiger partial charge in [0.15, 0.2) is 5.69 Å². The molecule has 4 aliphatic rings. The van der Waals surface area contributed by atoms with Crippen molar-refractivity contribution in [2.24, 2.45) is 18.9 Å². The predicted octanol–water partition coefficient (Wildman–Crippen LogP) is 4.89. The summed E-state index contributed by atoms with van der Waals surface area (Å²) in [4.78, 5) is 46.9. The van der Waals surface area contributed by atoms with Crippen molar-refractivity contribution in [1.29, 1.82) is 0 Å². The van der Waals surface area contributed by atoms with Gasteiger partial charge in [-0.3, -0.25) is 19.2 Å². The molecule has 58 heavy (non-hydrogen) atoms. The van der Waals surface area contributed by atoms with E-state index in [1.165, 1.54) is 12.1 Å². The lowest BCUT2D eigenvalue weighted by Crippen LogP contribution is -2.59. The van der Waals surface area contributed by atoms with Gasteiger partial charge in [-0.1, -0.05) is 48.5 Å². The largest absolute Gasteiger partial charge is 0.506 e. The van der Waals surface area contributed by atoms with Crippen molar-refractivity contribution in [3.63, 3.8) is 0 Å². The minimum atomic E-state index is -0.927. The number of aromatic hydroxyl groups is 1. The fourth-order valence-electron chi connectivity index (χ4n) is 9.10. The number of carboxylic acid groups (broad SMARTS) is 1. The predicted molar refractivity (Wildman–Crippen MR) is 218 cm³/mol. The second-order valence-corrected chi connectivity index (χ2v) is 15.9. The highest BCUT2D eigenvalue weighted by Gasteiger charge is 2.43. The number of carbonyl (C=O) groups excluding carboxylic acids is 1. The Kier molecular flexibility index (Phi) is 11.5. The number of hydrogen-bond acceptors (Lipinski definition) is 9. The van der Waals surface area contributed by atoms with Gasteiger partial charge in [-0.05, 0) is 104 Å². The van der Waals surface area contributed by atoms with Crippen LogP contribution in [0.2, 0.25) is 0 Å². The number of phenols is 1. The first kappa shape index (κ1) is 39.1. The van der Waals surface area contributed by atoms with Crippen LogP contribution in [-0.4, -0.2) is 109 Å². The molecule has 2 amide bonds. The van der Waals surface area contributed by atoms with Crippen LogP contribution in [0, 0.1) is 11.8 Å². The van der Waals surface area contributed by atoms with Crippen molar-refractivity contribution in [1.82, 2.24) is 34.8 Å². The Labute approximate surface area is 336 Å². The number of carbonyl (C=O) groups is 2. The first-order chi connectivity index (χ1) is 28.1. The van der Waals surface area contributed by atoms with Gasteiger partial charge in [0.1, 0.15) is 18.1 Å². The van der Waals surface area contributed by atoms with E-state index in [0.717, 1.165) is 62.1 Å². The number of piperidine rings is 4. The molecule has 6 heterocycles. The molecule has 4 aliphatic heterocycles. The van der Waals surface area contributed by atoms with Gasteiger partial charge in [0.2, 0.25) is 5.56 Å². The van der Waals surface area contributed by atoms with Crippen LogP contribution in [0.5, 0.6) is 11.5 Å². The summed E-state index contributed by atoms with van der Waals surface area (Å²) in [5.41, 5.74) is 3.43. The third kappa shape index (κ3) is 8.31. The van der Waals surface area contributed by atoms with Gasteiger partial charge in [-0.25, -0.2) is 4.79 Å². The second kappa shape index (κ2) is 17.0. The Balaban J connectivity index is 0.866. The molecule has 3 atom stereocenters. The van der Waals surface area contributed by atoms with Crippen LogP contribution in [0.25, 0.3) is 10.9 Å². The van der Waals surface area contributed by atoms with Crippen molar-refractivity contribution in [3.05, 3.63) is 123 Å². The van der Waals surface area contributed by atoms with Crippen LogP contribution >= 0.6 is 0 Å². The second-order valence-electron chi connectivity index (χ2n) is 15.9. The molecule has 5 aromatic rings. The van der Waals surface area contributed by atoms with Gasteiger partial charge in [0.25, 0.3) is 5.91 Å². The van der Waals surface area contributed by atoms with Crippen molar-refractivity contribution in [3.8, 4) is 11.5 Å². The number of pyridine rings is 1. The van der Waals surface area contributed by atoms with Crippen molar-refractivity contribution < 1.29 is 29.6 Å². The topological polar surface area (TPSA) is 176 Å². The van der Waals surface area contributed by atoms with Gasteiger partial charge in [-0.15, -0.1) is 0 Å². The van der Waals surface area contributed by atoms with E-state index < -0.39 is 18.2 Å². The zero-order valence-electron chi connectivity index (χ0n) is 32.7. The average molecular weight is 790 g/mol. The van der Waals surface area contributed by atoms with Crippen molar-refractivity contribution >= 4 is 22.9 Å². The first-order valence-electron chi connectivity index (χ1n) is 20.2. The number of fused-ring (bicyclic) bond motifs is 4. The molecular weight excluding hydrogens is 739 g/mol. The van der Waals surface area contributed by atoms with E-state index in [1.807, 2.05) is 59.5 Å². The van der Waals surface area contributed by atoms with E-state index in [4.69, 9.17) is 4.74 Å². The number of aliphatic hydroxyl groups excluding tert-OH is 1. The smallest absolute Gasteiger partial charge is 0.408 e. The van der Waals surface area contributed by atoms with E-state index >= 15 is 0 Å². The number of aromatic amines is 1. The number of hydrogen-bond donors (Lipinski definition) is 5. The van der Waals surface area contributed by atoms with Crippen molar-refractivity contribution in [2.75, 3.05) is 45.8 Å². The lowest BCUT2D eigenvalue weighted by atomic mass is 9.81. The molecule has 0 aliphatic carbocycles. The Bertz CT molecular complexity index is 2300. The number of likely N-dealkylation sites (tertiary alicyclic amines) is 1. The van der Waals surface area contributed by atoms with Crippen molar-refractivity contribution in [2.45, 2.75) is 50.5 Å². The standard InChI is InChI=1S/C44H51N7O7/c1-48-32(27-58-33-9-5-8-31(22-33)42(30-6-3-2-4-7-30)51(44(56)57)37-26-49-18-16-29(37)17-19-49)23-36(47-48)43(55)50-20-14-28(15-21-50)24-45-25-39(53)34-10-12-38(52)41-35(34)11-13-40(54)46-41/h2-13,22-23,28-29,37,39,42,45,52-53H,14-21,24-27H2,1H3,(H,46,54)(H,56,57)/t37?,39-,42-/m0/s1. The number of phenolic OH excluding ortho intramolecular Hbond substituents is 1. The van der Waals surface area contributed by atoms with Crippen LogP contribution in [-0.2, 0) is 13.7 Å². The van der Waals surface area contributed by atoms with Crippen LogP contribution in [0.15, 0.2) is 89.7 Å². The number of rotatable bonds is 13. The zero-order chi connectivity index (χ0) is 40.3. The molecule has 1 unspecified atom stereocenters. The fourth-order valence-corrected chi connectivity index (χ4v) is 9.10. The Morgan fingerprint density at radius 2 is 1.71 bits per heavy atom. The number of nitrogens with zero attached hydrogens (tertiary/aromatic N) is 5. The van der Waals surface area contributed by atoms with Crippen LogP contribution in [0.3, 0.4) is 0 Å². The summed E-state index contributed by atoms with van der Waals surface area (Å²) >= 11 is 0. The molecule has 2 bridgehead atoms. The number of benzene rings is 3. The van der Waals surface area contributed by atoms with Gasteiger partial charge in [0, 0.05) is 44.7 Å². The fraction of sp³-hybridized carbons (Fsp3) is 0.409. The minimum Gasteiger partial charge on any atom is -0.506 e. The highest BCUT2D eigenvalue weighted by atomic mass is 16.5. The van der Waals surface area contributed by atoms with Crippen LogP contribution in [0.1, 0.15) is 70.7 Å². The highest BCUT2D eigenvalue weighted by Crippen LogP contribution is 2.39. The van der Waals surface area contributed by atoms with E-state index in [2.05, 4.69) is 20.3 Å². The molecule has 14 heteroatoms. The van der Waals surface area contributed by atoms with E-state index in [1.54, 1.807) is 34.8 Å². The zero-order valence-corrected chi connectivity index (χ0v) is 32.7. The molecule has 5 N–H and O–H groups in total. The molecular formula is C44H51N7O7. The monoisotopic (exact) mass is 789 g/mol. The number of H-pyrrole nitrogens is 1. The summed E-state index contributed by atoms with van der Waals surface area (Å²) in [7, 11) is 1.79. The van der Waals surface area contributed by atoms with Gasteiger partial charge < -0.3 is 40.2 Å². The summed E-state index contributed by atoms with van der Waals surface area (Å²) in [6, 6.07) is 24.8. The number of aliphatic hydroxyl groups is 1. The summed E-state index contributed by atoms with van der Waals surface area (Å²) < 4.78 is 7.96. The van der Waals surface area contributed by atoms with Gasteiger partial charge in [-0.2, -0.15) is 5.10 Å². The molecule has 0 spiro atoms. The number of aromatic nitrogens is 3. The van der Waals surface area contributed by atoms with Gasteiger partial charge in [0.05, 0.1) is 29.4 Å². The third-order valence-electron chi connectivity index (χ3n) is 12.3. The summed E-state index contributed by atoms with van der Waals surface area (Å²) in [6.45, 7) is 5.12. The molecule has 2 aromatic heterocycles. The molecule has 14 nitrogen and oxygen atoms in total. The Morgan fingerprint density at radius 3 is 2.43 bits per heavy atom. The summed E-state index contributed by atoms with van der Waals surface area (Å²) in [6.07, 6.45) is 1.86.